The number of hydrogen-bond donors (Lipinski definition) is 1. The van der Waals surface area contributed by atoms with Crippen LogP contribution in [0.2, 0.25) is 0 Å². The second-order valence-corrected chi connectivity index (χ2v) is 5.69. The van der Waals surface area contributed by atoms with Crippen LogP contribution in [0, 0.1) is 0 Å². The second kappa shape index (κ2) is 6.49. The first-order valence-electron chi connectivity index (χ1n) is 7.16. The maximum atomic E-state index is 12.8. The first kappa shape index (κ1) is 17.7. The van der Waals surface area contributed by atoms with Crippen molar-refractivity contribution in [3.8, 4) is 11.4 Å². The number of alkyl halides is 3. The molecule has 0 spiro atoms. The number of nitrogens with zero attached hydrogens (tertiary/aromatic N) is 2. The predicted molar refractivity (Wildman–Crippen MR) is 81.2 cm³/mol. The Hall–Kier alpha value is -1.60. The van der Waals surface area contributed by atoms with E-state index in [-0.39, 0.29) is 29.2 Å². The molecular formula is C15H17ClF3N3O. The summed E-state index contributed by atoms with van der Waals surface area (Å²) in [4.78, 5) is 4.30. The van der Waals surface area contributed by atoms with E-state index in [0.717, 1.165) is 37.8 Å². The van der Waals surface area contributed by atoms with Crippen molar-refractivity contribution in [3.63, 3.8) is 0 Å². The molecule has 0 bridgehead atoms. The SMILES string of the molecule is Cl.NCC1(c2nc(-c3cccc(C(F)(F)F)c3)no2)CCCC1. The van der Waals surface area contributed by atoms with Gasteiger partial charge in [-0.1, -0.05) is 30.1 Å². The third-order valence-electron chi connectivity index (χ3n) is 4.28. The van der Waals surface area contributed by atoms with Crippen LogP contribution in [0.3, 0.4) is 0 Å². The Morgan fingerprint density at radius 2 is 1.91 bits per heavy atom. The van der Waals surface area contributed by atoms with Crippen molar-refractivity contribution in [3.05, 3.63) is 35.7 Å². The third-order valence-corrected chi connectivity index (χ3v) is 4.28. The van der Waals surface area contributed by atoms with Crippen molar-refractivity contribution in [1.29, 1.82) is 0 Å². The highest BCUT2D eigenvalue weighted by molar-refractivity contribution is 5.85. The molecule has 0 aliphatic heterocycles. The lowest BCUT2D eigenvalue weighted by Crippen LogP contribution is -2.32. The van der Waals surface area contributed by atoms with Crippen LogP contribution in [0.1, 0.15) is 37.1 Å². The molecule has 126 valence electrons. The molecule has 0 amide bonds. The van der Waals surface area contributed by atoms with E-state index in [4.69, 9.17) is 10.3 Å². The molecule has 1 fully saturated rings. The number of hydrogen-bond acceptors (Lipinski definition) is 4. The summed E-state index contributed by atoms with van der Waals surface area (Å²) in [5.74, 6) is 0.598. The van der Waals surface area contributed by atoms with E-state index in [1.54, 1.807) is 0 Å². The largest absolute Gasteiger partial charge is 0.416 e. The normalized spacial score (nSPS) is 17.0. The third kappa shape index (κ3) is 3.35. The molecule has 1 heterocycles. The summed E-state index contributed by atoms with van der Waals surface area (Å²) in [6, 6.07) is 4.91. The van der Waals surface area contributed by atoms with Crippen molar-refractivity contribution in [2.75, 3.05) is 6.54 Å². The fourth-order valence-electron chi connectivity index (χ4n) is 2.95. The van der Waals surface area contributed by atoms with Gasteiger partial charge in [0.2, 0.25) is 11.7 Å². The topological polar surface area (TPSA) is 64.9 Å². The molecule has 4 nitrogen and oxygen atoms in total. The Morgan fingerprint density at radius 3 is 2.52 bits per heavy atom. The lowest BCUT2D eigenvalue weighted by atomic mass is 9.86. The zero-order chi connectivity index (χ0) is 15.8. The summed E-state index contributed by atoms with van der Waals surface area (Å²) in [6.07, 6.45) is -0.578. The summed E-state index contributed by atoms with van der Waals surface area (Å²) >= 11 is 0. The van der Waals surface area contributed by atoms with Gasteiger partial charge in [-0.25, -0.2) is 0 Å². The van der Waals surface area contributed by atoms with Gasteiger partial charge in [0.15, 0.2) is 0 Å². The number of aromatic nitrogens is 2. The zero-order valence-corrected chi connectivity index (χ0v) is 13.1. The van der Waals surface area contributed by atoms with Crippen molar-refractivity contribution >= 4 is 12.4 Å². The maximum absolute atomic E-state index is 12.8. The van der Waals surface area contributed by atoms with Gasteiger partial charge in [0.1, 0.15) is 0 Å². The van der Waals surface area contributed by atoms with E-state index in [2.05, 4.69) is 10.1 Å². The quantitative estimate of drug-likeness (QED) is 0.913. The molecule has 0 unspecified atom stereocenters. The molecule has 0 saturated heterocycles. The van der Waals surface area contributed by atoms with E-state index >= 15 is 0 Å². The number of halogens is 4. The summed E-state index contributed by atoms with van der Waals surface area (Å²) in [6.45, 7) is 0.400. The van der Waals surface area contributed by atoms with Gasteiger partial charge in [-0.2, -0.15) is 18.2 Å². The lowest BCUT2D eigenvalue weighted by Gasteiger charge is -2.21. The van der Waals surface area contributed by atoms with Crippen molar-refractivity contribution in [1.82, 2.24) is 10.1 Å². The summed E-state index contributed by atoms with van der Waals surface area (Å²) in [7, 11) is 0. The van der Waals surface area contributed by atoms with E-state index < -0.39 is 11.7 Å². The molecule has 0 atom stereocenters. The Bertz CT molecular complexity index is 666. The van der Waals surface area contributed by atoms with Gasteiger partial charge in [0.05, 0.1) is 11.0 Å². The van der Waals surface area contributed by atoms with Gasteiger partial charge in [0, 0.05) is 12.1 Å². The van der Waals surface area contributed by atoms with Crippen LogP contribution in [0.4, 0.5) is 13.2 Å². The van der Waals surface area contributed by atoms with Gasteiger partial charge >= 0.3 is 6.18 Å². The molecule has 1 saturated carbocycles. The highest BCUT2D eigenvalue weighted by atomic mass is 35.5. The Morgan fingerprint density at radius 1 is 1.22 bits per heavy atom. The number of nitrogens with two attached hydrogens (primary N) is 1. The van der Waals surface area contributed by atoms with Gasteiger partial charge in [-0.05, 0) is 25.0 Å². The van der Waals surface area contributed by atoms with Crippen LogP contribution in [0.15, 0.2) is 28.8 Å². The molecule has 23 heavy (non-hydrogen) atoms. The zero-order valence-electron chi connectivity index (χ0n) is 12.3. The summed E-state index contributed by atoms with van der Waals surface area (Å²) in [5, 5.41) is 3.84. The minimum atomic E-state index is -4.40. The molecule has 1 aromatic heterocycles. The Labute approximate surface area is 137 Å². The minimum Gasteiger partial charge on any atom is -0.338 e. The van der Waals surface area contributed by atoms with Crippen LogP contribution < -0.4 is 5.73 Å². The van der Waals surface area contributed by atoms with Crippen LogP contribution in [-0.4, -0.2) is 16.7 Å². The standard InChI is InChI=1S/C15H16F3N3O.ClH/c16-15(17,18)11-5-3-4-10(8-11)12-20-13(22-21-12)14(9-19)6-1-2-7-14;/h3-5,8H,1-2,6-7,9,19H2;1H. The van der Waals surface area contributed by atoms with E-state index in [0.29, 0.717) is 12.4 Å². The molecule has 3 rings (SSSR count). The fraction of sp³-hybridized carbons (Fsp3) is 0.467. The summed E-state index contributed by atoms with van der Waals surface area (Å²) < 4.78 is 43.6. The maximum Gasteiger partial charge on any atom is 0.416 e. The lowest BCUT2D eigenvalue weighted by molar-refractivity contribution is -0.137. The van der Waals surface area contributed by atoms with E-state index in [9.17, 15) is 13.2 Å². The van der Waals surface area contributed by atoms with Crippen molar-refractivity contribution < 1.29 is 17.7 Å². The first-order valence-corrected chi connectivity index (χ1v) is 7.16. The van der Waals surface area contributed by atoms with Gasteiger partial charge in [-0.15, -0.1) is 12.4 Å². The van der Waals surface area contributed by atoms with Crippen molar-refractivity contribution in [2.45, 2.75) is 37.3 Å². The second-order valence-electron chi connectivity index (χ2n) is 5.69. The highest BCUT2D eigenvalue weighted by Gasteiger charge is 2.39. The average Bonchev–Trinajstić information content (AvgIpc) is 3.16. The van der Waals surface area contributed by atoms with Gasteiger partial charge < -0.3 is 10.3 Å². The monoisotopic (exact) mass is 347 g/mol. The predicted octanol–water partition coefficient (Wildman–Crippen LogP) is 3.95. The summed E-state index contributed by atoms with van der Waals surface area (Å²) in [5.41, 5.74) is 5.08. The molecule has 1 aliphatic carbocycles. The first-order chi connectivity index (χ1) is 10.4. The molecule has 1 aromatic carbocycles. The van der Waals surface area contributed by atoms with Gasteiger partial charge in [0.25, 0.3) is 0 Å². The molecule has 1 aliphatic rings. The Kier molecular flexibility index (Phi) is 5.01. The van der Waals surface area contributed by atoms with Crippen LogP contribution in [0.25, 0.3) is 11.4 Å². The van der Waals surface area contributed by atoms with Crippen LogP contribution in [-0.2, 0) is 11.6 Å². The molecule has 2 aromatic rings. The van der Waals surface area contributed by atoms with E-state index in [1.165, 1.54) is 12.1 Å². The average molecular weight is 348 g/mol. The van der Waals surface area contributed by atoms with Gasteiger partial charge in [-0.3, -0.25) is 0 Å². The molecule has 8 heteroatoms. The Balaban J connectivity index is 0.00000192. The fourth-order valence-corrected chi connectivity index (χ4v) is 2.95. The van der Waals surface area contributed by atoms with E-state index in [1.807, 2.05) is 0 Å². The number of benzene rings is 1. The highest BCUT2D eigenvalue weighted by Crippen LogP contribution is 2.40. The molecular weight excluding hydrogens is 331 g/mol. The van der Waals surface area contributed by atoms with Crippen molar-refractivity contribution in [2.24, 2.45) is 5.73 Å². The minimum absolute atomic E-state index is 0. The molecule has 0 radical (unpaired) electrons. The number of rotatable bonds is 3. The van der Waals surface area contributed by atoms with Crippen LogP contribution in [0.5, 0.6) is 0 Å². The van der Waals surface area contributed by atoms with Crippen LogP contribution >= 0.6 is 12.4 Å². The molecule has 2 N–H and O–H groups in total. The smallest absolute Gasteiger partial charge is 0.338 e.